The van der Waals surface area contributed by atoms with Gasteiger partial charge in [-0.15, -0.1) is 0 Å². The molecule has 1 saturated carbocycles. The Hall–Kier alpha value is -1.61. The largest absolute Gasteiger partial charge is 0.469 e. The van der Waals surface area contributed by atoms with Crippen LogP contribution < -0.4 is 5.32 Å². The monoisotopic (exact) mass is 279 g/mol. The van der Waals surface area contributed by atoms with E-state index in [1.165, 1.54) is 7.11 Å². The maximum absolute atomic E-state index is 12.0. The third-order valence-electron chi connectivity index (χ3n) is 4.20. The van der Waals surface area contributed by atoms with E-state index in [0.717, 1.165) is 19.3 Å². The highest BCUT2D eigenvalue weighted by Gasteiger charge is 2.43. The number of methoxy groups -OCH3 is 1. The molecule has 1 heterocycles. The van der Waals surface area contributed by atoms with Crippen LogP contribution in [0.5, 0.6) is 0 Å². The minimum atomic E-state index is -0.751. The minimum absolute atomic E-state index is 0.140. The molecule has 20 heavy (non-hydrogen) atoms. The van der Waals surface area contributed by atoms with Crippen LogP contribution in [0.15, 0.2) is 0 Å². The lowest BCUT2D eigenvalue weighted by atomic mass is 9.98. The predicted molar refractivity (Wildman–Crippen MR) is 71.4 cm³/mol. The molecule has 110 valence electrons. The fraction of sp³-hybridized carbons (Fsp3) is 0.786. The second kappa shape index (κ2) is 5.80. The van der Waals surface area contributed by atoms with Gasteiger partial charge in [0, 0.05) is 6.54 Å². The van der Waals surface area contributed by atoms with E-state index in [1.54, 1.807) is 6.92 Å². The van der Waals surface area contributed by atoms with Crippen molar-refractivity contribution in [3.05, 3.63) is 0 Å². The number of nitrogens with one attached hydrogen (secondary N) is 1. The van der Waals surface area contributed by atoms with Gasteiger partial charge in [-0.3, -0.25) is 14.5 Å². The van der Waals surface area contributed by atoms with Crippen molar-refractivity contribution in [3.63, 3.8) is 0 Å². The molecule has 1 N–H and O–H groups in total. The second-order valence-electron chi connectivity index (χ2n) is 5.88. The van der Waals surface area contributed by atoms with Crippen LogP contribution in [0, 0.1) is 23.2 Å². The van der Waals surface area contributed by atoms with Crippen LogP contribution in [0.3, 0.4) is 0 Å². The Morgan fingerprint density at radius 3 is 2.70 bits per heavy atom. The molecule has 1 saturated heterocycles. The summed E-state index contributed by atoms with van der Waals surface area (Å²) < 4.78 is 4.72. The highest BCUT2D eigenvalue weighted by Crippen LogP contribution is 2.39. The smallest absolute Gasteiger partial charge is 0.310 e. The maximum Gasteiger partial charge on any atom is 0.310 e. The van der Waals surface area contributed by atoms with Gasteiger partial charge in [-0.05, 0) is 38.6 Å². The summed E-state index contributed by atoms with van der Waals surface area (Å²) in [7, 11) is 1.38. The standard InChI is InChI=1S/C14H21N3O3/c1-14(9-15,11-3-4-11)16-12(18)8-17-6-5-10(7-17)13(19)20-2/h10-11H,3-8H2,1-2H3,(H,16,18). The topological polar surface area (TPSA) is 82.4 Å². The van der Waals surface area contributed by atoms with Gasteiger partial charge in [0.2, 0.25) is 5.91 Å². The quantitative estimate of drug-likeness (QED) is 0.731. The molecular formula is C14H21N3O3. The molecule has 2 aliphatic rings. The first-order chi connectivity index (χ1) is 9.48. The number of hydrogen-bond donors (Lipinski definition) is 1. The molecule has 2 atom stereocenters. The van der Waals surface area contributed by atoms with Crippen LogP contribution in [0.2, 0.25) is 0 Å². The zero-order valence-corrected chi connectivity index (χ0v) is 12.0. The summed E-state index contributed by atoms with van der Waals surface area (Å²) in [6, 6.07) is 2.21. The molecular weight excluding hydrogens is 258 g/mol. The van der Waals surface area contributed by atoms with Gasteiger partial charge in [0.1, 0.15) is 5.54 Å². The number of amides is 1. The Morgan fingerprint density at radius 2 is 2.15 bits per heavy atom. The van der Waals surface area contributed by atoms with Gasteiger partial charge in [0.05, 0.1) is 25.6 Å². The lowest BCUT2D eigenvalue weighted by Crippen LogP contribution is -2.50. The Bertz CT molecular complexity index is 441. The molecule has 2 fully saturated rings. The van der Waals surface area contributed by atoms with E-state index >= 15 is 0 Å². The Kier molecular flexibility index (Phi) is 4.29. The molecule has 0 spiro atoms. The van der Waals surface area contributed by atoms with Crippen LogP contribution in [0.4, 0.5) is 0 Å². The lowest BCUT2D eigenvalue weighted by molar-refractivity contribution is -0.145. The third kappa shape index (κ3) is 3.28. The van der Waals surface area contributed by atoms with Crippen LogP contribution >= 0.6 is 0 Å². The fourth-order valence-corrected chi connectivity index (χ4v) is 2.75. The summed E-state index contributed by atoms with van der Waals surface area (Å²) in [6.45, 7) is 3.27. The van der Waals surface area contributed by atoms with Gasteiger partial charge < -0.3 is 10.1 Å². The molecule has 6 nitrogen and oxygen atoms in total. The zero-order chi connectivity index (χ0) is 14.8. The number of likely N-dealkylation sites (tertiary alicyclic amines) is 1. The average Bonchev–Trinajstić information content (AvgIpc) is 3.19. The molecule has 2 unspecified atom stereocenters. The van der Waals surface area contributed by atoms with Crippen molar-refractivity contribution >= 4 is 11.9 Å². The van der Waals surface area contributed by atoms with Crippen molar-refractivity contribution in [2.75, 3.05) is 26.7 Å². The summed E-state index contributed by atoms with van der Waals surface area (Å²) in [5.74, 6) is -0.226. The van der Waals surface area contributed by atoms with Crippen LogP contribution in [-0.2, 0) is 14.3 Å². The van der Waals surface area contributed by atoms with Crippen molar-refractivity contribution in [3.8, 4) is 6.07 Å². The average molecular weight is 279 g/mol. The van der Waals surface area contributed by atoms with Crippen LogP contribution in [0.1, 0.15) is 26.2 Å². The summed E-state index contributed by atoms with van der Waals surface area (Å²) in [5.41, 5.74) is -0.751. The zero-order valence-electron chi connectivity index (χ0n) is 12.0. The van der Waals surface area contributed by atoms with Crippen LogP contribution in [0.25, 0.3) is 0 Å². The normalized spacial score (nSPS) is 25.6. The first-order valence-electron chi connectivity index (χ1n) is 7.01. The molecule has 1 aliphatic heterocycles. The van der Waals surface area contributed by atoms with E-state index in [9.17, 15) is 14.9 Å². The van der Waals surface area contributed by atoms with Crippen molar-refractivity contribution in [1.29, 1.82) is 5.26 Å². The number of rotatable bonds is 5. The molecule has 2 rings (SSSR count). The first kappa shape index (κ1) is 14.8. The Morgan fingerprint density at radius 1 is 1.45 bits per heavy atom. The third-order valence-corrected chi connectivity index (χ3v) is 4.20. The van der Waals surface area contributed by atoms with Gasteiger partial charge in [-0.2, -0.15) is 5.26 Å². The Labute approximate surface area is 119 Å². The maximum atomic E-state index is 12.0. The number of hydrogen-bond acceptors (Lipinski definition) is 5. The molecule has 0 aromatic rings. The van der Waals surface area contributed by atoms with Crippen LogP contribution in [-0.4, -0.2) is 49.1 Å². The van der Waals surface area contributed by atoms with Crippen molar-refractivity contribution in [2.24, 2.45) is 11.8 Å². The molecule has 0 aromatic heterocycles. The number of carbonyl (C=O) groups is 2. The van der Waals surface area contributed by atoms with E-state index in [2.05, 4.69) is 11.4 Å². The van der Waals surface area contributed by atoms with Gasteiger partial charge >= 0.3 is 5.97 Å². The summed E-state index contributed by atoms with van der Waals surface area (Å²) in [6.07, 6.45) is 2.72. The SMILES string of the molecule is COC(=O)C1CCN(CC(=O)NC(C)(C#N)C2CC2)C1. The van der Waals surface area contributed by atoms with Gasteiger partial charge in [0.15, 0.2) is 0 Å². The lowest BCUT2D eigenvalue weighted by Gasteiger charge is -2.24. The molecule has 6 heteroatoms. The number of esters is 1. The van der Waals surface area contributed by atoms with E-state index < -0.39 is 5.54 Å². The fourth-order valence-electron chi connectivity index (χ4n) is 2.75. The number of nitriles is 1. The van der Waals surface area contributed by atoms with E-state index in [0.29, 0.717) is 13.1 Å². The summed E-state index contributed by atoms with van der Waals surface area (Å²) in [5, 5.41) is 12.0. The van der Waals surface area contributed by atoms with Crippen molar-refractivity contribution < 1.29 is 14.3 Å². The van der Waals surface area contributed by atoms with Gasteiger partial charge in [0.25, 0.3) is 0 Å². The minimum Gasteiger partial charge on any atom is -0.469 e. The molecule has 1 aliphatic carbocycles. The van der Waals surface area contributed by atoms with Crippen molar-refractivity contribution in [2.45, 2.75) is 31.7 Å². The summed E-state index contributed by atoms with van der Waals surface area (Å²) in [4.78, 5) is 25.4. The van der Waals surface area contributed by atoms with Gasteiger partial charge in [-0.25, -0.2) is 0 Å². The van der Waals surface area contributed by atoms with E-state index in [-0.39, 0.29) is 30.3 Å². The predicted octanol–water partition coefficient (Wildman–Crippen LogP) is 0.290. The van der Waals surface area contributed by atoms with E-state index in [1.807, 2.05) is 4.90 Å². The van der Waals surface area contributed by atoms with E-state index in [4.69, 9.17) is 4.74 Å². The number of nitrogens with zero attached hydrogens (tertiary/aromatic N) is 2. The highest BCUT2D eigenvalue weighted by molar-refractivity contribution is 5.80. The van der Waals surface area contributed by atoms with Gasteiger partial charge in [-0.1, -0.05) is 0 Å². The first-order valence-corrected chi connectivity index (χ1v) is 7.01. The molecule has 1 amide bonds. The number of carbonyl (C=O) groups excluding carboxylic acids is 2. The highest BCUT2D eigenvalue weighted by atomic mass is 16.5. The summed E-state index contributed by atoms with van der Waals surface area (Å²) >= 11 is 0. The second-order valence-corrected chi connectivity index (χ2v) is 5.88. The van der Waals surface area contributed by atoms with Crippen molar-refractivity contribution in [1.82, 2.24) is 10.2 Å². The number of ether oxygens (including phenoxy) is 1. The Balaban J connectivity index is 1.81. The molecule has 0 bridgehead atoms. The molecule has 0 radical (unpaired) electrons. The molecule has 0 aromatic carbocycles.